The van der Waals surface area contributed by atoms with Crippen LogP contribution in [0.25, 0.3) is 0 Å². The lowest BCUT2D eigenvalue weighted by atomic mass is 10.1. The summed E-state index contributed by atoms with van der Waals surface area (Å²) in [5.74, 6) is 0. The molecule has 0 fully saturated rings. The highest BCUT2D eigenvalue weighted by Crippen LogP contribution is 2.08. The Kier molecular flexibility index (Phi) is 1.24. The normalized spacial score (nSPS) is 15.8. The van der Waals surface area contributed by atoms with E-state index in [1.807, 2.05) is 18.2 Å². The number of hydrogen-bond acceptors (Lipinski definition) is 2. The minimum Gasteiger partial charge on any atom is -0.287 e. The fourth-order valence-corrected chi connectivity index (χ4v) is 0.966. The maximum Gasteiger partial charge on any atom is 0.0840 e. The molecule has 1 aliphatic heterocycles. The van der Waals surface area contributed by atoms with Crippen molar-refractivity contribution in [2.45, 2.75) is 6.42 Å². The summed E-state index contributed by atoms with van der Waals surface area (Å²) in [6.45, 7) is 0.978. The van der Waals surface area contributed by atoms with Gasteiger partial charge >= 0.3 is 0 Å². The first-order chi connectivity index (χ1) is 4.97. The monoisotopic (exact) mass is 132 g/mol. The average molecular weight is 132 g/mol. The van der Waals surface area contributed by atoms with Crippen LogP contribution in [0.15, 0.2) is 29.4 Å². The van der Waals surface area contributed by atoms with Crippen LogP contribution in [0.3, 0.4) is 0 Å². The Balaban J connectivity index is 2.34. The van der Waals surface area contributed by atoms with Gasteiger partial charge in [-0.1, -0.05) is 6.07 Å². The second kappa shape index (κ2) is 2.21. The first-order valence-corrected chi connectivity index (χ1v) is 3.41. The van der Waals surface area contributed by atoms with Gasteiger partial charge in [0, 0.05) is 19.2 Å². The molecule has 1 aromatic heterocycles. The molecule has 0 atom stereocenters. The topological polar surface area (TPSA) is 25.2 Å². The van der Waals surface area contributed by atoms with E-state index < -0.39 is 0 Å². The van der Waals surface area contributed by atoms with E-state index >= 15 is 0 Å². The molecule has 50 valence electrons. The SMILES string of the molecule is c1ccc(C2=NCC2)nc1. The predicted molar refractivity (Wildman–Crippen MR) is 40.3 cm³/mol. The lowest BCUT2D eigenvalue weighted by molar-refractivity contribution is 0.938. The molecule has 2 nitrogen and oxygen atoms in total. The summed E-state index contributed by atoms with van der Waals surface area (Å²) in [5, 5.41) is 0. The molecule has 2 heteroatoms. The third-order valence-electron chi connectivity index (χ3n) is 1.61. The van der Waals surface area contributed by atoms with Gasteiger partial charge < -0.3 is 0 Å². The molecule has 0 amide bonds. The minimum absolute atomic E-state index is 0.978. The summed E-state index contributed by atoms with van der Waals surface area (Å²) in [5.41, 5.74) is 2.19. The van der Waals surface area contributed by atoms with Crippen molar-refractivity contribution in [2.24, 2.45) is 4.99 Å². The highest BCUT2D eigenvalue weighted by atomic mass is 14.8. The zero-order valence-corrected chi connectivity index (χ0v) is 5.62. The minimum atomic E-state index is 0.978. The number of pyridine rings is 1. The van der Waals surface area contributed by atoms with E-state index in [-0.39, 0.29) is 0 Å². The van der Waals surface area contributed by atoms with Crippen LogP contribution in [0.1, 0.15) is 12.1 Å². The maximum atomic E-state index is 4.19. The lowest BCUT2D eigenvalue weighted by Gasteiger charge is -2.11. The van der Waals surface area contributed by atoms with Crippen LogP contribution in [0, 0.1) is 0 Å². The summed E-state index contributed by atoms with van der Waals surface area (Å²) in [7, 11) is 0. The van der Waals surface area contributed by atoms with E-state index in [1.165, 1.54) is 0 Å². The fraction of sp³-hybridized carbons (Fsp3) is 0.250. The maximum absolute atomic E-state index is 4.19. The number of aromatic nitrogens is 1. The summed E-state index contributed by atoms with van der Waals surface area (Å²) in [6, 6.07) is 5.91. The number of hydrogen-bond donors (Lipinski definition) is 0. The van der Waals surface area contributed by atoms with Crippen molar-refractivity contribution in [2.75, 3.05) is 6.54 Å². The van der Waals surface area contributed by atoms with Crippen LogP contribution in [-0.4, -0.2) is 17.2 Å². The van der Waals surface area contributed by atoms with Gasteiger partial charge in [-0.3, -0.25) is 9.98 Å². The predicted octanol–water partition coefficient (Wildman–Crippen LogP) is 1.27. The van der Waals surface area contributed by atoms with E-state index in [1.54, 1.807) is 6.20 Å². The fourth-order valence-electron chi connectivity index (χ4n) is 0.966. The Morgan fingerprint density at radius 1 is 1.30 bits per heavy atom. The van der Waals surface area contributed by atoms with Crippen molar-refractivity contribution >= 4 is 5.71 Å². The Morgan fingerprint density at radius 2 is 2.20 bits per heavy atom. The van der Waals surface area contributed by atoms with E-state index in [0.717, 1.165) is 24.4 Å². The summed E-state index contributed by atoms with van der Waals surface area (Å²) in [4.78, 5) is 8.36. The van der Waals surface area contributed by atoms with Gasteiger partial charge in [-0.15, -0.1) is 0 Å². The van der Waals surface area contributed by atoms with Gasteiger partial charge in [0.25, 0.3) is 0 Å². The zero-order valence-electron chi connectivity index (χ0n) is 5.62. The number of nitrogens with zero attached hydrogens (tertiary/aromatic N) is 2. The molecule has 2 rings (SSSR count). The van der Waals surface area contributed by atoms with Crippen molar-refractivity contribution in [3.05, 3.63) is 30.1 Å². The molecule has 0 aliphatic carbocycles. The molecule has 0 N–H and O–H groups in total. The van der Waals surface area contributed by atoms with Crippen LogP contribution < -0.4 is 0 Å². The highest BCUT2D eigenvalue weighted by molar-refractivity contribution is 6.01. The van der Waals surface area contributed by atoms with Crippen molar-refractivity contribution < 1.29 is 0 Å². The van der Waals surface area contributed by atoms with Gasteiger partial charge in [-0.25, -0.2) is 0 Å². The van der Waals surface area contributed by atoms with Crippen LogP contribution in [0.5, 0.6) is 0 Å². The number of rotatable bonds is 1. The third kappa shape index (κ3) is 0.817. The van der Waals surface area contributed by atoms with Gasteiger partial charge in [0.05, 0.1) is 11.4 Å². The molecule has 0 radical (unpaired) electrons. The Labute approximate surface area is 59.6 Å². The van der Waals surface area contributed by atoms with E-state index in [0.29, 0.717) is 0 Å². The molecule has 0 bridgehead atoms. The third-order valence-corrected chi connectivity index (χ3v) is 1.61. The van der Waals surface area contributed by atoms with Gasteiger partial charge in [-0.05, 0) is 12.1 Å². The van der Waals surface area contributed by atoms with E-state index in [4.69, 9.17) is 0 Å². The van der Waals surface area contributed by atoms with Gasteiger partial charge in [0.15, 0.2) is 0 Å². The van der Waals surface area contributed by atoms with Gasteiger partial charge in [-0.2, -0.15) is 0 Å². The first kappa shape index (κ1) is 5.59. The van der Waals surface area contributed by atoms with Crippen molar-refractivity contribution in [1.29, 1.82) is 0 Å². The molecular formula is C8H8N2. The molecule has 0 aromatic carbocycles. The molecule has 2 heterocycles. The first-order valence-electron chi connectivity index (χ1n) is 3.41. The Morgan fingerprint density at radius 3 is 2.70 bits per heavy atom. The van der Waals surface area contributed by atoms with Crippen LogP contribution in [0.2, 0.25) is 0 Å². The quantitative estimate of drug-likeness (QED) is 0.565. The molecule has 1 aliphatic rings. The Bertz CT molecular complexity index is 251. The average Bonchev–Trinajstić information content (AvgIpc) is 1.86. The van der Waals surface area contributed by atoms with Crippen LogP contribution >= 0.6 is 0 Å². The molecular weight excluding hydrogens is 124 g/mol. The summed E-state index contributed by atoms with van der Waals surface area (Å²) in [6.07, 6.45) is 2.90. The molecule has 1 aromatic rings. The number of aliphatic imine (C=N–C) groups is 1. The summed E-state index contributed by atoms with van der Waals surface area (Å²) < 4.78 is 0. The second-order valence-electron chi connectivity index (χ2n) is 2.29. The zero-order chi connectivity index (χ0) is 6.81. The van der Waals surface area contributed by atoms with E-state index in [9.17, 15) is 0 Å². The second-order valence-corrected chi connectivity index (χ2v) is 2.29. The standard InChI is InChI=1S/C8H8N2/c1-2-5-9-7(3-1)8-4-6-10-8/h1-3,5H,4,6H2. The van der Waals surface area contributed by atoms with E-state index in [2.05, 4.69) is 9.98 Å². The van der Waals surface area contributed by atoms with Crippen molar-refractivity contribution in [3.8, 4) is 0 Å². The molecule has 10 heavy (non-hydrogen) atoms. The van der Waals surface area contributed by atoms with Gasteiger partial charge in [0.2, 0.25) is 0 Å². The molecule has 0 saturated carbocycles. The molecule has 0 unspecified atom stereocenters. The van der Waals surface area contributed by atoms with Crippen molar-refractivity contribution in [3.63, 3.8) is 0 Å². The smallest absolute Gasteiger partial charge is 0.0840 e. The van der Waals surface area contributed by atoms with Crippen LogP contribution in [-0.2, 0) is 0 Å². The van der Waals surface area contributed by atoms with Gasteiger partial charge in [0.1, 0.15) is 0 Å². The molecule has 0 spiro atoms. The van der Waals surface area contributed by atoms with Crippen molar-refractivity contribution in [1.82, 2.24) is 4.98 Å². The lowest BCUT2D eigenvalue weighted by Crippen LogP contribution is -2.14. The Hall–Kier alpha value is -1.18. The molecule has 0 saturated heterocycles. The van der Waals surface area contributed by atoms with Crippen LogP contribution in [0.4, 0.5) is 0 Å². The summed E-state index contributed by atoms with van der Waals surface area (Å²) >= 11 is 0. The highest BCUT2D eigenvalue weighted by Gasteiger charge is 2.09. The largest absolute Gasteiger partial charge is 0.287 e.